The van der Waals surface area contributed by atoms with Crippen LogP contribution in [-0.4, -0.2) is 0 Å². The van der Waals surface area contributed by atoms with E-state index < -0.39 is 0 Å². The molecule has 0 rings (SSSR count). The Balaban J connectivity index is 6.09. The van der Waals surface area contributed by atoms with Crippen LogP contribution in [0.3, 0.4) is 0 Å². The third-order valence-corrected chi connectivity index (χ3v) is 110. The van der Waals surface area contributed by atoms with Crippen molar-refractivity contribution in [3.8, 4) is 0 Å². The minimum Gasteiger partial charge on any atom is 0 e. The van der Waals surface area contributed by atoms with Crippen molar-refractivity contribution in [3.63, 3.8) is 0 Å². The molecular formula is S52. The lowest BCUT2D eigenvalue weighted by Gasteiger charge is -1.41. The molecule has 0 amide bonds. The predicted octanol–water partition coefficient (Wildman–Crippen LogP) is -0.125. The summed E-state index contributed by atoms with van der Waals surface area (Å²) in [5.41, 5.74) is 0. The fraction of sp³-hybridized carbons (Fsp3) is 0. The van der Waals surface area contributed by atoms with Crippen LogP contribution in [0.4, 0.5) is 0 Å². The van der Waals surface area contributed by atoms with E-state index in [1.54, 1.807) is 107 Å². The summed E-state index contributed by atoms with van der Waals surface area (Å²) in [6.07, 6.45) is 0. The highest BCUT2D eigenvalue weighted by Crippen LogP contribution is 1.45. The zero-order chi connectivity index (χ0) is 37.4. The van der Waals surface area contributed by atoms with Crippen LogP contribution in [0.15, 0.2) is 0 Å². The van der Waals surface area contributed by atoms with Crippen LogP contribution < -0.4 is 0 Å². The Hall–Kier alpha value is 11.4. The first-order valence-corrected chi connectivity index (χ1v) is 76.5. The van der Waals surface area contributed by atoms with Gasteiger partial charge in [0.1, 0.15) is 0 Å². The first kappa shape index (κ1) is 63.4. The van der Waals surface area contributed by atoms with Crippen LogP contribution in [0.5, 0.6) is 0 Å². The molecule has 52 heteroatoms. The Labute approximate surface area is 452 Å². The second-order valence-corrected chi connectivity index (χ2v) is 91.9. The molecule has 0 aromatic rings. The average Bonchev–Trinajstić information content (AvgIpc) is 3.16. The molecule has 0 N–H and O–H groups in total. The van der Waals surface area contributed by atoms with Gasteiger partial charge in [-0.2, -0.15) is 0 Å². The summed E-state index contributed by atoms with van der Waals surface area (Å²) in [4.78, 5) is 0. The quantitative estimate of drug-likeness (QED) is 0.333. The van der Waals surface area contributed by atoms with Gasteiger partial charge in [0.25, 0.3) is 0 Å². The predicted molar refractivity (Wildman–Crippen MR) is 383 cm³/mol. The summed E-state index contributed by atoms with van der Waals surface area (Å²) >= 11 is 9.63. The van der Waals surface area contributed by atoms with Gasteiger partial charge >= 0.3 is 0 Å². The SMILES string of the molecule is S=S=S=S=S=S=S=S=S=S=S=S=S=S=S=S=S=S=S=S=S=S=S=S=S=S=S=S=S=S=S=S=S=S=S=S=S=S=S=S=S=S=S=S=S=S=S=S=S=S=S=S. The third-order valence-electron chi connectivity index (χ3n) is 1.36. The Morgan fingerprint density at radius 1 is 0.0962 bits per heavy atom. The summed E-state index contributed by atoms with van der Waals surface area (Å²) in [5, 5.41) is 0. The van der Waals surface area contributed by atoms with Crippen molar-refractivity contribution in [2.24, 2.45) is 0 Å². The van der Waals surface area contributed by atoms with E-state index in [0.29, 0.717) is 0 Å². The molecule has 0 atom stereocenters. The Kier molecular flexibility index (Phi) is 76.2. The highest BCUT2D eigenvalue weighted by molar-refractivity contribution is 8.82. The van der Waals surface area contributed by atoms with E-state index in [2.05, 4.69) is 0 Å². The van der Waals surface area contributed by atoms with Gasteiger partial charge in [-0.15, -0.1) is 0 Å². The monoisotopic (exact) mass is 1660 g/mol. The lowest BCUT2D eigenvalue weighted by molar-refractivity contribution is 5.95. The molecule has 0 aliphatic heterocycles. The highest BCUT2D eigenvalue weighted by atomic mass is 33.5. The van der Waals surface area contributed by atoms with Gasteiger partial charge in [-0.25, -0.2) is 0 Å². The van der Waals surface area contributed by atoms with Crippen LogP contribution in [-0.2, 0) is 466 Å². The molecule has 0 saturated carbocycles. The molecule has 0 aliphatic carbocycles. The van der Waals surface area contributed by atoms with Crippen molar-refractivity contribution in [1.82, 2.24) is 0 Å². The molecule has 0 nitrogen and oxygen atoms in total. The maximum absolute atomic E-state index is 4.81. The van der Waals surface area contributed by atoms with Gasteiger partial charge in [0.15, 0.2) is 0 Å². The van der Waals surface area contributed by atoms with Crippen LogP contribution in [0, 0.1) is 0 Å². The van der Waals surface area contributed by atoms with Gasteiger partial charge in [0.2, 0.25) is 0 Å². The first-order valence-electron chi connectivity index (χ1n) is 8.50. The van der Waals surface area contributed by atoms with Crippen molar-refractivity contribution in [2.45, 2.75) is 0 Å². The van der Waals surface area contributed by atoms with Crippen molar-refractivity contribution in [1.29, 1.82) is 0 Å². The summed E-state index contributed by atoms with van der Waals surface area (Å²) < 4.78 is 0. The van der Waals surface area contributed by atoms with Crippen molar-refractivity contribution in [3.05, 3.63) is 0 Å². The Morgan fingerprint density at radius 2 is 0.154 bits per heavy atom. The number of hydrogen-bond donors (Lipinski definition) is 0. The summed E-state index contributed by atoms with van der Waals surface area (Å²) in [5.74, 6) is 0. The standard InChI is InChI=1S/S52/c1-3-5-7-9-11-13-15-17-19-21-23-25-27-29-31-33-35-37-39-41-43-45-47-49-51-52-50-48-46-44-42-40-38-36-34-32-30-28-26-24-22-20-18-16-14-12-10-8-6-4-2. The molecule has 0 heterocycles. The molecular weight excluding hydrogens is 1670 g/mol. The summed E-state index contributed by atoms with van der Waals surface area (Å²) in [7, 11) is 89.4. The van der Waals surface area contributed by atoms with Gasteiger partial charge in [-0.1, -0.05) is 0 Å². The van der Waals surface area contributed by atoms with Crippen molar-refractivity contribution >= 4 is 466 Å². The normalized spacial score (nSPS) is 7.77. The average molecular weight is 1670 g/mol. The van der Waals surface area contributed by atoms with E-state index in [9.17, 15) is 0 Å². The van der Waals surface area contributed by atoms with Gasteiger partial charge in [0.05, 0.1) is 0 Å². The summed E-state index contributed by atoms with van der Waals surface area (Å²) in [6, 6.07) is 0. The molecule has 312 valence electrons. The van der Waals surface area contributed by atoms with Gasteiger partial charge in [-0.3, -0.25) is 0 Å². The van der Waals surface area contributed by atoms with Crippen molar-refractivity contribution < 1.29 is 0 Å². The smallest absolute Gasteiger partial charge is 0 e. The van der Waals surface area contributed by atoms with E-state index in [0.717, 1.165) is 0 Å². The third kappa shape index (κ3) is 61.4. The fourth-order valence-electron chi connectivity index (χ4n) is 0.544. The Bertz CT molecular complexity index is 3350. The lowest BCUT2D eigenvalue weighted by atomic mass is 30.7. The maximum Gasteiger partial charge on any atom is 0 e. The summed E-state index contributed by atoms with van der Waals surface area (Å²) in [6.45, 7) is 0. The highest BCUT2D eigenvalue weighted by Gasteiger charge is 1.46. The van der Waals surface area contributed by atoms with Gasteiger partial charge in [-0.05, 0) is 0 Å². The second kappa shape index (κ2) is 62.4. The fourth-order valence-corrected chi connectivity index (χ4v) is 132. The van der Waals surface area contributed by atoms with E-state index in [4.69, 9.17) is 22.4 Å². The maximum atomic E-state index is 4.81. The van der Waals surface area contributed by atoms with Gasteiger partial charge in [0, 0.05) is 466 Å². The van der Waals surface area contributed by atoms with E-state index in [1.165, 1.54) is 17.8 Å². The molecule has 0 saturated heterocycles. The molecule has 0 aromatic heterocycles. The number of rotatable bonds is 0. The minimum absolute atomic E-state index is 1.37. The van der Waals surface area contributed by atoms with Crippen LogP contribution in [0.25, 0.3) is 0 Å². The molecule has 0 spiro atoms. The molecule has 0 fully saturated rings. The second-order valence-electron chi connectivity index (χ2n) is 3.40. The number of hydrogen-bond acceptors (Lipinski definition) is 2. The topological polar surface area (TPSA) is 0 Å². The van der Waals surface area contributed by atoms with Crippen LogP contribution in [0.1, 0.15) is 0 Å². The Morgan fingerprint density at radius 3 is 0.212 bits per heavy atom. The van der Waals surface area contributed by atoms with Crippen molar-refractivity contribution in [2.75, 3.05) is 0 Å². The lowest BCUT2D eigenvalue weighted by Crippen LogP contribution is -1.41. The van der Waals surface area contributed by atoms with E-state index >= 15 is 0 Å². The zero-order valence-electron chi connectivity index (χ0n) is 21.2. The molecule has 0 aliphatic rings. The molecule has 0 bridgehead atoms. The molecule has 0 radical (unpaired) electrons. The molecule has 0 aromatic carbocycles. The first-order chi connectivity index (χ1) is 25.9. The van der Waals surface area contributed by atoms with Gasteiger partial charge < -0.3 is 0 Å². The van der Waals surface area contributed by atoms with E-state index in [-0.39, 0.29) is 0 Å². The van der Waals surface area contributed by atoms with Crippen LogP contribution in [0.2, 0.25) is 0 Å². The minimum atomic E-state index is 1.37. The molecule has 52 heavy (non-hydrogen) atoms. The molecule has 0 unspecified atom stereocenters. The largest absolute Gasteiger partial charge is 0 e. The van der Waals surface area contributed by atoms with Crippen LogP contribution >= 0.6 is 0 Å². The zero-order valence-corrected chi connectivity index (χ0v) is 63.7. The van der Waals surface area contributed by atoms with E-state index in [1.807, 2.05) is 320 Å².